The van der Waals surface area contributed by atoms with E-state index in [2.05, 4.69) is 0 Å². The first-order valence-corrected chi connectivity index (χ1v) is 27.7. The second kappa shape index (κ2) is 16.9. The van der Waals surface area contributed by atoms with Crippen molar-refractivity contribution >= 4 is 56.6 Å². The molecule has 0 N–H and O–H groups in total. The molecule has 1 heterocycles. The first kappa shape index (κ1) is 49.1. The Morgan fingerprint density at radius 2 is 0.661 bits per heavy atom. The minimum Gasteiger partial charge on any atom is -0.204 e. The zero-order chi connectivity index (χ0) is 47.3. The van der Waals surface area contributed by atoms with Gasteiger partial charge in [0.2, 0.25) is 5.82 Å². The summed E-state index contributed by atoms with van der Waals surface area (Å²) in [5.41, 5.74) is -6.45. The van der Waals surface area contributed by atoms with Gasteiger partial charge in [0.05, 0.1) is 21.7 Å². The molecular weight excluding hydrogens is 899 g/mol. The Labute approximate surface area is 352 Å². The zero-order valence-electron chi connectivity index (χ0n) is 35.6. The molecule has 334 valence electrons. The van der Waals surface area contributed by atoms with Gasteiger partial charge in [-0.25, -0.2) is 65.9 Å². The Morgan fingerprint density at radius 3 is 0.935 bits per heavy atom. The monoisotopic (exact) mass is 940 g/mol. The summed E-state index contributed by atoms with van der Waals surface area (Å²) in [6.45, 7) is 16.8. The SMILES string of the molecule is CC(C)c1cc(C(C)C)c(-p2c([Si](C)(C)C)c(B(c3c(F)c(F)c(F)c(F)c3F)c3c(F)c(F)c(F)c(F)c3F)c(-c3c(F)c(F)c(F)c(F)c3F)c2[Si](C)(C)C)c(C(C)C)c1. The van der Waals surface area contributed by atoms with Crippen LogP contribution >= 0.6 is 7.53 Å². The minimum absolute atomic E-state index is 0.109. The summed E-state index contributed by atoms with van der Waals surface area (Å²) in [4.78, 5) is -0.273. The Morgan fingerprint density at radius 1 is 0.371 bits per heavy atom. The summed E-state index contributed by atoms with van der Waals surface area (Å²) < 4.78 is 236. The van der Waals surface area contributed by atoms with Crippen molar-refractivity contribution < 1.29 is 65.9 Å². The fraction of sp³-hybridized carbons (Fsp3) is 0.349. The van der Waals surface area contributed by atoms with Gasteiger partial charge in [-0.05, 0) is 49.8 Å². The van der Waals surface area contributed by atoms with Crippen molar-refractivity contribution in [2.45, 2.75) is 98.6 Å². The third-order valence-corrected chi connectivity index (χ3v) is 21.8. The lowest BCUT2D eigenvalue weighted by Gasteiger charge is -2.31. The maximum atomic E-state index is 16.7. The van der Waals surface area contributed by atoms with Crippen LogP contribution in [0.25, 0.3) is 16.4 Å². The van der Waals surface area contributed by atoms with E-state index >= 15 is 52.7 Å². The average molecular weight is 941 g/mol. The van der Waals surface area contributed by atoms with Gasteiger partial charge in [0, 0.05) is 16.2 Å². The highest BCUT2D eigenvalue weighted by atomic mass is 31.1. The number of benzene rings is 4. The maximum Gasteiger partial charge on any atom is 0.258 e. The van der Waals surface area contributed by atoms with E-state index < -0.39 is 157 Å². The molecule has 0 aliphatic heterocycles. The molecular formula is C43H41BF15PSi2. The van der Waals surface area contributed by atoms with Crippen LogP contribution in [0.1, 0.15) is 76.0 Å². The van der Waals surface area contributed by atoms with E-state index in [-0.39, 0.29) is 15.8 Å². The van der Waals surface area contributed by atoms with Crippen LogP contribution in [-0.4, -0.2) is 22.9 Å². The standard InChI is InChI=1S/C43H41BF15PSi2/c1-15(2)18-13-19(16(3)4)41(20(14-18)17(5)6)60-42(61(7,8)9)21(22-26(45)32(51)38(57)33(52)27(22)46)23(43(60)62(10,11)12)44(24-28(47)34(53)39(58)35(54)29(24)48)25-30(49)36(55)40(59)37(56)31(25)50/h13-17H,1-12H3. The van der Waals surface area contributed by atoms with Crippen molar-refractivity contribution in [2.24, 2.45) is 0 Å². The van der Waals surface area contributed by atoms with Crippen LogP contribution in [0.2, 0.25) is 39.3 Å². The van der Waals surface area contributed by atoms with Crippen LogP contribution in [0.3, 0.4) is 0 Å². The van der Waals surface area contributed by atoms with E-state index in [1.54, 1.807) is 47.3 Å². The summed E-state index contributed by atoms with van der Waals surface area (Å²) in [6.07, 6.45) is 0. The summed E-state index contributed by atoms with van der Waals surface area (Å²) in [5, 5.41) is 0.411. The Kier molecular flexibility index (Phi) is 13.4. The van der Waals surface area contributed by atoms with E-state index in [1.807, 2.05) is 26.0 Å². The van der Waals surface area contributed by atoms with Crippen molar-refractivity contribution in [1.82, 2.24) is 0 Å². The van der Waals surface area contributed by atoms with Crippen LogP contribution in [0.4, 0.5) is 65.9 Å². The van der Waals surface area contributed by atoms with Crippen molar-refractivity contribution in [3.05, 3.63) is 116 Å². The van der Waals surface area contributed by atoms with Crippen LogP contribution in [0, 0.1) is 87.3 Å². The molecule has 0 amide bonds. The van der Waals surface area contributed by atoms with Crippen molar-refractivity contribution in [3.8, 4) is 16.4 Å². The highest BCUT2D eigenvalue weighted by molar-refractivity contribution is 7.72. The molecule has 4 aromatic carbocycles. The molecule has 0 aliphatic rings. The Bertz CT molecular complexity index is 2470. The van der Waals surface area contributed by atoms with Crippen LogP contribution in [-0.2, 0) is 0 Å². The third-order valence-electron chi connectivity index (χ3n) is 10.8. The number of hydrogen-bond acceptors (Lipinski definition) is 0. The van der Waals surface area contributed by atoms with Gasteiger partial charge < -0.3 is 0 Å². The van der Waals surface area contributed by atoms with E-state index in [0.717, 1.165) is 5.56 Å². The zero-order valence-corrected chi connectivity index (χ0v) is 38.5. The predicted octanol–water partition coefficient (Wildman–Crippen LogP) is 12.4. The molecule has 0 spiro atoms. The van der Waals surface area contributed by atoms with E-state index in [1.165, 1.54) is 19.6 Å². The van der Waals surface area contributed by atoms with E-state index in [4.69, 9.17) is 0 Å². The first-order chi connectivity index (χ1) is 28.3. The van der Waals surface area contributed by atoms with Gasteiger partial charge in [0.1, 0.15) is 0 Å². The Balaban J connectivity index is 2.41. The lowest BCUT2D eigenvalue weighted by Crippen LogP contribution is -2.64. The largest absolute Gasteiger partial charge is 0.258 e. The quantitative estimate of drug-likeness (QED) is 0.0566. The smallest absolute Gasteiger partial charge is 0.204 e. The van der Waals surface area contributed by atoms with Crippen molar-refractivity contribution in [2.75, 3.05) is 0 Å². The molecule has 19 heteroatoms. The molecule has 0 saturated heterocycles. The lowest BCUT2D eigenvalue weighted by atomic mass is 9.35. The summed E-state index contributed by atoms with van der Waals surface area (Å²) in [6, 6.07) is 3.65. The normalized spacial score (nSPS) is 12.8. The van der Waals surface area contributed by atoms with E-state index in [9.17, 15) is 13.2 Å². The van der Waals surface area contributed by atoms with Crippen LogP contribution in [0.15, 0.2) is 12.1 Å². The summed E-state index contributed by atoms with van der Waals surface area (Å²) in [5.74, 6) is -41.6. The van der Waals surface area contributed by atoms with Crippen molar-refractivity contribution in [3.63, 3.8) is 0 Å². The molecule has 5 aromatic rings. The molecule has 0 nitrogen and oxygen atoms in total. The van der Waals surface area contributed by atoms with Gasteiger partial charge >= 0.3 is 0 Å². The van der Waals surface area contributed by atoms with Gasteiger partial charge in [-0.3, -0.25) is 0 Å². The highest BCUT2D eigenvalue weighted by Crippen LogP contribution is 2.51. The van der Waals surface area contributed by atoms with Crippen LogP contribution in [0.5, 0.6) is 0 Å². The minimum atomic E-state index is -3.66. The molecule has 0 fully saturated rings. The number of rotatable bonds is 10. The molecule has 1 aromatic heterocycles. The molecule has 62 heavy (non-hydrogen) atoms. The second-order valence-electron chi connectivity index (χ2n) is 18.2. The highest BCUT2D eigenvalue weighted by Gasteiger charge is 2.49. The fourth-order valence-electron chi connectivity index (χ4n) is 7.98. The molecule has 1 atom stereocenters. The lowest BCUT2D eigenvalue weighted by molar-refractivity contribution is 0.381. The first-order valence-electron chi connectivity index (χ1n) is 19.4. The number of halogens is 15. The van der Waals surface area contributed by atoms with Crippen molar-refractivity contribution in [1.29, 1.82) is 0 Å². The topological polar surface area (TPSA) is 0 Å². The summed E-state index contributed by atoms with van der Waals surface area (Å²) >= 11 is 0. The third kappa shape index (κ3) is 7.77. The molecule has 0 radical (unpaired) electrons. The Hall–Kier alpha value is -3.89. The second-order valence-corrected chi connectivity index (χ2v) is 31.0. The van der Waals surface area contributed by atoms with Gasteiger partial charge in [0.25, 0.3) is 6.71 Å². The average Bonchev–Trinajstić information content (AvgIpc) is 3.54. The van der Waals surface area contributed by atoms with E-state index in [0.29, 0.717) is 16.4 Å². The maximum absolute atomic E-state index is 16.7. The molecule has 5 rings (SSSR count). The van der Waals surface area contributed by atoms with Gasteiger partial charge in [-0.1, -0.05) is 106 Å². The molecule has 1 unspecified atom stereocenters. The van der Waals surface area contributed by atoms with Gasteiger partial charge in [-0.2, -0.15) is 0 Å². The van der Waals surface area contributed by atoms with Gasteiger partial charge in [0.15, 0.2) is 81.4 Å². The molecule has 0 saturated carbocycles. The molecule has 0 bridgehead atoms. The molecule has 0 aliphatic carbocycles. The van der Waals surface area contributed by atoms with Gasteiger partial charge in [-0.15, -0.1) is 0 Å². The fourth-order valence-corrected chi connectivity index (χ4v) is 19.9. The van der Waals surface area contributed by atoms with Crippen LogP contribution < -0.4 is 26.2 Å². The summed E-state index contributed by atoms with van der Waals surface area (Å²) in [7, 11) is -9.75. The number of hydrogen-bond donors (Lipinski definition) is 0. The predicted molar refractivity (Wildman–Crippen MR) is 221 cm³/mol.